The number of halogens is 2. The van der Waals surface area contributed by atoms with E-state index in [-0.39, 0.29) is 35.1 Å². The van der Waals surface area contributed by atoms with Gasteiger partial charge in [0.15, 0.2) is 5.16 Å². The van der Waals surface area contributed by atoms with Crippen molar-refractivity contribution >= 4 is 28.6 Å². The molecular formula is C24H25F2N3O3S. The van der Waals surface area contributed by atoms with Crippen molar-refractivity contribution in [2.75, 3.05) is 5.75 Å². The van der Waals surface area contributed by atoms with Crippen LogP contribution in [0.5, 0.6) is 5.75 Å². The summed E-state index contributed by atoms with van der Waals surface area (Å²) in [5.74, 6) is 0.147. The molecule has 9 heteroatoms. The normalized spacial score (nSPS) is 18.6. The molecule has 4 rings (SSSR count). The van der Waals surface area contributed by atoms with Crippen LogP contribution in [0.4, 0.5) is 8.78 Å². The highest BCUT2D eigenvalue weighted by molar-refractivity contribution is 7.99. The van der Waals surface area contributed by atoms with Crippen molar-refractivity contribution in [3.63, 3.8) is 0 Å². The number of hydrogen-bond acceptors (Lipinski definition) is 5. The van der Waals surface area contributed by atoms with Crippen molar-refractivity contribution in [2.45, 2.75) is 57.0 Å². The third-order valence-corrected chi connectivity index (χ3v) is 6.79. The van der Waals surface area contributed by atoms with Gasteiger partial charge in [-0.3, -0.25) is 14.2 Å². The van der Waals surface area contributed by atoms with Crippen molar-refractivity contribution < 1.29 is 18.3 Å². The van der Waals surface area contributed by atoms with Gasteiger partial charge in [0.25, 0.3) is 5.56 Å². The van der Waals surface area contributed by atoms with Gasteiger partial charge in [0, 0.05) is 12.1 Å². The summed E-state index contributed by atoms with van der Waals surface area (Å²) in [7, 11) is 0. The number of rotatable bonds is 6. The molecule has 2 heterocycles. The first kappa shape index (κ1) is 23.2. The lowest BCUT2D eigenvalue weighted by molar-refractivity contribution is -0.134. The van der Waals surface area contributed by atoms with Crippen LogP contribution >= 0.6 is 11.8 Å². The summed E-state index contributed by atoms with van der Waals surface area (Å²) >= 11 is 1.20. The van der Waals surface area contributed by atoms with Crippen molar-refractivity contribution in [3.8, 4) is 11.4 Å². The highest BCUT2D eigenvalue weighted by Crippen LogP contribution is 2.27. The second-order valence-corrected chi connectivity index (χ2v) is 9.09. The second kappa shape index (κ2) is 9.91. The number of fused-ring (bicyclic) bond motifs is 1. The summed E-state index contributed by atoms with van der Waals surface area (Å²) in [4.78, 5) is 32.9. The van der Waals surface area contributed by atoms with Crippen LogP contribution in [-0.4, -0.2) is 44.8 Å². The Bertz CT molecular complexity index is 1190. The van der Waals surface area contributed by atoms with E-state index in [1.165, 1.54) is 40.6 Å². The Hall–Kier alpha value is -2.94. The van der Waals surface area contributed by atoms with Gasteiger partial charge < -0.3 is 9.64 Å². The molecular weight excluding hydrogens is 448 g/mol. The molecule has 33 heavy (non-hydrogen) atoms. The van der Waals surface area contributed by atoms with Gasteiger partial charge in [0.2, 0.25) is 5.91 Å². The summed E-state index contributed by atoms with van der Waals surface area (Å²) in [6.07, 6.45) is 3.07. The largest absolute Gasteiger partial charge is 0.435 e. The fourth-order valence-corrected chi connectivity index (χ4v) is 5.21. The quantitative estimate of drug-likeness (QED) is 0.378. The number of alkyl halides is 2. The monoisotopic (exact) mass is 473 g/mol. The average molecular weight is 474 g/mol. The van der Waals surface area contributed by atoms with E-state index in [4.69, 9.17) is 0 Å². The highest BCUT2D eigenvalue weighted by atomic mass is 32.2. The van der Waals surface area contributed by atoms with Crippen LogP contribution in [0.3, 0.4) is 0 Å². The van der Waals surface area contributed by atoms with Crippen LogP contribution in [0.25, 0.3) is 16.6 Å². The van der Waals surface area contributed by atoms with Crippen molar-refractivity contribution in [2.24, 2.45) is 0 Å². The minimum Gasteiger partial charge on any atom is -0.435 e. The minimum absolute atomic E-state index is 0.00648. The number of aromatic nitrogens is 2. The average Bonchev–Trinajstić information content (AvgIpc) is 2.78. The Morgan fingerprint density at radius 3 is 2.45 bits per heavy atom. The molecule has 0 bridgehead atoms. The molecule has 0 saturated carbocycles. The SMILES string of the molecule is C[C@@H]1CCC[C@@H](C)N1C(=O)CSc1nc2ccccc2c(=O)n1-c1ccc(OC(F)F)cc1. The number of amides is 1. The van der Waals surface area contributed by atoms with Crippen molar-refractivity contribution in [3.05, 3.63) is 58.9 Å². The zero-order valence-corrected chi connectivity index (χ0v) is 19.2. The number of ether oxygens (including phenoxy) is 1. The summed E-state index contributed by atoms with van der Waals surface area (Å²) in [6, 6.07) is 13.1. The number of likely N-dealkylation sites (tertiary alicyclic amines) is 1. The molecule has 1 fully saturated rings. The fourth-order valence-electron chi connectivity index (χ4n) is 4.33. The number of piperidine rings is 1. The predicted octanol–water partition coefficient (Wildman–Crippen LogP) is 4.87. The maximum absolute atomic E-state index is 13.3. The summed E-state index contributed by atoms with van der Waals surface area (Å²) in [5.41, 5.74) is 0.693. The number of carbonyl (C=O) groups excluding carboxylic acids is 1. The van der Waals surface area contributed by atoms with Gasteiger partial charge in [-0.05, 0) is 69.5 Å². The Balaban J connectivity index is 1.68. The van der Waals surface area contributed by atoms with Crippen molar-refractivity contribution in [1.29, 1.82) is 0 Å². The van der Waals surface area contributed by atoms with E-state index in [1.807, 2.05) is 4.90 Å². The number of para-hydroxylation sites is 1. The molecule has 0 unspecified atom stereocenters. The first-order chi connectivity index (χ1) is 15.8. The van der Waals surface area contributed by atoms with E-state index in [1.54, 1.807) is 24.3 Å². The zero-order valence-electron chi connectivity index (χ0n) is 18.4. The molecule has 174 valence electrons. The fraction of sp³-hybridized carbons (Fsp3) is 0.375. The Labute approximate surface area is 194 Å². The van der Waals surface area contributed by atoms with Gasteiger partial charge >= 0.3 is 6.61 Å². The van der Waals surface area contributed by atoms with E-state index >= 15 is 0 Å². The zero-order chi connectivity index (χ0) is 23.5. The Morgan fingerprint density at radius 1 is 1.12 bits per heavy atom. The van der Waals surface area contributed by atoms with Crippen LogP contribution in [-0.2, 0) is 4.79 Å². The maximum atomic E-state index is 13.3. The van der Waals surface area contributed by atoms with Gasteiger partial charge in [-0.1, -0.05) is 23.9 Å². The number of nitrogens with zero attached hydrogens (tertiary/aromatic N) is 3. The molecule has 1 aliphatic heterocycles. The lowest BCUT2D eigenvalue weighted by Crippen LogP contribution is -2.48. The standard InChI is InChI=1S/C24H25F2N3O3S/c1-15-6-5-7-16(2)28(15)21(30)14-33-24-27-20-9-4-3-8-19(20)22(31)29(24)17-10-12-18(13-11-17)32-23(25)26/h3-4,8-13,15-16,23H,5-7,14H2,1-2H3/t15-,16-/m1/s1. The Morgan fingerprint density at radius 2 is 1.79 bits per heavy atom. The molecule has 0 N–H and O–H groups in total. The molecule has 0 spiro atoms. The first-order valence-corrected chi connectivity index (χ1v) is 11.8. The third-order valence-electron chi connectivity index (χ3n) is 5.87. The van der Waals surface area contributed by atoms with E-state index < -0.39 is 6.61 Å². The van der Waals surface area contributed by atoms with Crippen LogP contribution in [0.1, 0.15) is 33.1 Å². The van der Waals surface area contributed by atoms with Gasteiger partial charge in [-0.15, -0.1) is 0 Å². The van der Waals surface area contributed by atoms with Gasteiger partial charge in [0.1, 0.15) is 5.75 Å². The van der Waals surface area contributed by atoms with E-state index in [0.29, 0.717) is 21.7 Å². The number of thioether (sulfide) groups is 1. The third kappa shape index (κ3) is 5.03. The van der Waals surface area contributed by atoms with Crippen LogP contribution < -0.4 is 10.3 Å². The molecule has 1 amide bonds. The van der Waals surface area contributed by atoms with Crippen LogP contribution in [0, 0.1) is 0 Å². The van der Waals surface area contributed by atoms with Crippen LogP contribution in [0.2, 0.25) is 0 Å². The molecule has 0 aliphatic carbocycles. The lowest BCUT2D eigenvalue weighted by Gasteiger charge is -2.39. The van der Waals surface area contributed by atoms with E-state index in [2.05, 4.69) is 23.6 Å². The van der Waals surface area contributed by atoms with Gasteiger partial charge in [-0.25, -0.2) is 4.98 Å². The maximum Gasteiger partial charge on any atom is 0.387 e. The van der Waals surface area contributed by atoms with Gasteiger partial charge in [-0.2, -0.15) is 8.78 Å². The summed E-state index contributed by atoms with van der Waals surface area (Å²) < 4.78 is 30.8. The molecule has 1 aliphatic rings. The molecule has 1 aromatic heterocycles. The van der Waals surface area contributed by atoms with Crippen LogP contribution in [0.15, 0.2) is 58.5 Å². The molecule has 3 aromatic rings. The summed E-state index contributed by atoms with van der Waals surface area (Å²) in [6.45, 7) is 1.19. The minimum atomic E-state index is -2.93. The lowest BCUT2D eigenvalue weighted by atomic mass is 9.98. The smallest absolute Gasteiger partial charge is 0.387 e. The number of benzene rings is 2. The molecule has 2 atom stereocenters. The number of carbonyl (C=O) groups is 1. The molecule has 6 nitrogen and oxygen atoms in total. The number of hydrogen-bond donors (Lipinski definition) is 0. The Kier molecular flexibility index (Phi) is 6.97. The van der Waals surface area contributed by atoms with E-state index in [0.717, 1.165) is 19.3 Å². The molecule has 2 aromatic carbocycles. The van der Waals surface area contributed by atoms with E-state index in [9.17, 15) is 18.4 Å². The predicted molar refractivity (Wildman–Crippen MR) is 124 cm³/mol. The van der Waals surface area contributed by atoms with Gasteiger partial charge in [0.05, 0.1) is 22.3 Å². The van der Waals surface area contributed by atoms with Crippen molar-refractivity contribution in [1.82, 2.24) is 14.5 Å². The first-order valence-electron chi connectivity index (χ1n) is 10.9. The topological polar surface area (TPSA) is 64.4 Å². The molecule has 1 saturated heterocycles. The highest BCUT2D eigenvalue weighted by Gasteiger charge is 2.29. The molecule has 0 radical (unpaired) electrons. The summed E-state index contributed by atoms with van der Waals surface area (Å²) in [5, 5.41) is 0.797. The second-order valence-electron chi connectivity index (χ2n) is 8.14.